The van der Waals surface area contributed by atoms with E-state index in [-0.39, 0.29) is 6.03 Å². The molecule has 0 aliphatic carbocycles. The Hall–Kier alpha value is -2.35. The maximum absolute atomic E-state index is 12.1. The van der Waals surface area contributed by atoms with Crippen LogP contribution in [0.4, 0.5) is 10.6 Å². The Morgan fingerprint density at radius 3 is 3.04 bits per heavy atom. The van der Waals surface area contributed by atoms with Gasteiger partial charge < -0.3 is 14.6 Å². The molecule has 124 valence electrons. The molecule has 2 aromatic heterocycles. The number of anilines is 1. The van der Waals surface area contributed by atoms with E-state index in [1.165, 1.54) is 0 Å². The minimum absolute atomic E-state index is 0.283. The average Bonchev–Trinajstić information content (AvgIpc) is 3.24. The van der Waals surface area contributed by atoms with Crippen molar-refractivity contribution in [1.29, 1.82) is 0 Å². The van der Waals surface area contributed by atoms with Crippen LogP contribution in [0.3, 0.4) is 0 Å². The Morgan fingerprint density at radius 2 is 2.35 bits per heavy atom. The lowest BCUT2D eigenvalue weighted by Gasteiger charge is -2.12. The molecule has 1 unspecified atom stereocenters. The minimum Gasteiger partial charge on any atom is -0.381 e. The molecule has 2 aromatic rings. The van der Waals surface area contributed by atoms with Crippen molar-refractivity contribution in [2.24, 2.45) is 5.92 Å². The van der Waals surface area contributed by atoms with Gasteiger partial charge in [0, 0.05) is 37.2 Å². The van der Waals surface area contributed by atoms with E-state index in [0.29, 0.717) is 24.0 Å². The maximum atomic E-state index is 12.1. The lowest BCUT2D eigenvalue weighted by molar-refractivity contribution is 0.181. The third-order valence-electron chi connectivity index (χ3n) is 4.02. The first-order valence-corrected chi connectivity index (χ1v) is 7.69. The van der Waals surface area contributed by atoms with Crippen LogP contribution in [0.1, 0.15) is 23.4 Å². The SMILES string of the molecule is Cc1noc(C)c1CNC(=O)Nc1ccnn1CC1CCOC1. The molecule has 1 fully saturated rings. The molecule has 3 heterocycles. The van der Waals surface area contributed by atoms with Gasteiger partial charge in [-0.1, -0.05) is 5.16 Å². The number of rotatable bonds is 5. The molecule has 0 aromatic carbocycles. The molecule has 8 heteroatoms. The topological polar surface area (TPSA) is 94.2 Å². The molecular weight excluding hydrogens is 298 g/mol. The summed E-state index contributed by atoms with van der Waals surface area (Å²) in [7, 11) is 0. The van der Waals surface area contributed by atoms with Crippen LogP contribution in [-0.2, 0) is 17.8 Å². The summed E-state index contributed by atoms with van der Waals surface area (Å²) in [5.74, 6) is 1.84. The van der Waals surface area contributed by atoms with Crippen molar-refractivity contribution in [2.75, 3.05) is 18.5 Å². The van der Waals surface area contributed by atoms with E-state index in [9.17, 15) is 4.79 Å². The monoisotopic (exact) mass is 319 g/mol. The van der Waals surface area contributed by atoms with Crippen LogP contribution in [0.15, 0.2) is 16.8 Å². The molecule has 3 rings (SSSR count). The minimum atomic E-state index is -0.283. The van der Waals surface area contributed by atoms with Crippen molar-refractivity contribution in [1.82, 2.24) is 20.3 Å². The number of carbonyl (C=O) groups is 1. The fourth-order valence-electron chi connectivity index (χ4n) is 2.64. The number of hydrogen-bond donors (Lipinski definition) is 2. The Morgan fingerprint density at radius 1 is 1.48 bits per heavy atom. The Balaban J connectivity index is 1.55. The lowest BCUT2D eigenvalue weighted by atomic mass is 10.1. The number of carbonyl (C=O) groups excluding carboxylic acids is 1. The summed E-state index contributed by atoms with van der Waals surface area (Å²) in [5.41, 5.74) is 1.69. The van der Waals surface area contributed by atoms with Crippen LogP contribution in [0, 0.1) is 19.8 Å². The smallest absolute Gasteiger partial charge is 0.320 e. The Labute approximate surface area is 134 Å². The second-order valence-electron chi connectivity index (χ2n) is 5.74. The van der Waals surface area contributed by atoms with Crippen LogP contribution in [0.2, 0.25) is 0 Å². The number of aromatic nitrogens is 3. The number of aryl methyl sites for hydroxylation is 2. The van der Waals surface area contributed by atoms with E-state index in [0.717, 1.165) is 37.4 Å². The zero-order valence-electron chi connectivity index (χ0n) is 13.3. The number of amides is 2. The van der Waals surface area contributed by atoms with Gasteiger partial charge in [-0.25, -0.2) is 9.48 Å². The van der Waals surface area contributed by atoms with Gasteiger partial charge in [0.05, 0.1) is 18.5 Å². The molecule has 23 heavy (non-hydrogen) atoms. The van der Waals surface area contributed by atoms with E-state index >= 15 is 0 Å². The number of nitrogens with one attached hydrogen (secondary N) is 2. The first-order chi connectivity index (χ1) is 11.1. The van der Waals surface area contributed by atoms with E-state index in [2.05, 4.69) is 20.9 Å². The highest BCUT2D eigenvalue weighted by molar-refractivity contribution is 5.88. The number of nitrogens with zero attached hydrogens (tertiary/aromatic N) is 3. The van der Waals surface area contributed by atoms with Gasteiger partial charge in [-0.3, -0.25) is 5.32 Å². The number of ether oxygens (including phenoxy) is 1. The van der Waals surface area contributed by atoms with Gasteiger partial charge >= 0.3 is 6.03 Å². The fraction of sp³-hybridized carbons (Fsp3) is 0.533. The molecule has 0 spiro atoms. The van der Waals surface area contributed by atoms with Crippen molar-refractivity contribution in [3.8, 4) is 0 Å². The van der Waals surface area contributed by atoms with E-state index in [1.54, 1.807) is 16.9 Å². The third kappa shape index (κ3) is 3.70. The molecular formula is C15H21N5O3. The van der Waals surface area contributed by atoms with Crippen molar-refractivity contribution in [2.45, 2.75) is 33.4 Å². The first-order valence-electron chi connectivity index (χ1n) is 7.69. The lowest BCUT2D eigenvalue weighted by Crippen LogP contribution is -2.30. The number of urea groups is 1. The van der Waals surface area contributed by atoms with Gasteiger partial charge in [0.25, 0.3) is 0 Å². The quantitative estimate of drug-likeness (QED) is 0.877. The zero-order chi connectivity index (χ0) is 16.2. The summed E-state index contributed by atoms with van der Waals surface area (Å²) in [6, 6.07) is 1.50. The molecule has 0 radical (unpaired) electrons. The van der Waals surface area contributed by atoms with Crippen LogP contribution >= 0.6 is 0 Å². The highest BCUT2D eigenvalue weighted by Crippen LogP contribution is 2.17. The predicted molar refractivity (Wildman–Crippen MR) is 83.0 cm³/mol. The van der Waals surface area contributed by atoms with E-state index < -0.39 is 0 Å². The molecule has 0 bridgehead atoms. The van der Waals surface area contributed by atoms with Gasteiger partial charge in [-0.2, -0.15) is 5.10 Å². The molecule has 8 nitrogen and oxygen atoms in total. The highest BCUT2D eigenvalue weighted by Gasteiger charge is 2.18. The number of hydrogen-bond acceptors (Lipinski definition) is 5. The highest BCUT2D eigenvalue weighted by atomic mass is 16.5. The van der Waals surface area contributed by atoms with Gasteiger partial charge in [-0.15, -0.1) is 0 Å². The molecule has 1 saturated heterocycles. The van der Waals surface area contributed by atoms with Crippen molar-refractivity contribution >= 4 is 11.8 Å². The molecule has 2 amide bonds. The predicted octanol–water partition coefficient (Wildman–Crippen LogP) is 1.85. The Bertz CT molecular complexity index is 653. The molecule has 1 aliphatic rings. The zero-order valence-corrected chi connectivity index (χ0v) is 13.3. The maximum Gasteiger partial charge on any atom is 0.320 e. The van der Waals surface area contributed by atoms with Crippen LogP contribution in [-0.4, -0.2) is 34.2 Å². The van der Waals surface area contributed by atoms with Crippen LogP contribution in [0.25, 0.3) is 0 Å². The Kier molecular flexibility index (Phi) is 4.61. The second-order valence-corrected chi connectivity index (χ2v) is 5.74. The van der Waals surface area contributed by atoms with Gasteiger partial charge in [0.2, 0.25) is 0 Å². The third-order valence-corrected chi connectivity index (χ3v) is 4.02. The second kappa shape index (κ2) is 6.82. The average molecular weight is 319 g/mol. The van der Waals surface area contributed by atoms with Crippen molar-refractivity contribution < 1.29 is 14.1 Å². The van der Waals surface area contributed by atoms with Crippen LogP contribution < -0.4 is 10.6 Å². The summed E-state index contributed by atoms with van der Waals surface area (Å²) in [5, 5.41) is 13.8. The fourth-order valence-corrected chi connectivity index (χ4v) is 2.64. The molecule has 2 N–H and O–H groups in total. The van der Waals surface area contributed by atoms with Gasteiger partial charge in [0.1, 0.15) is 11.6 Å². The molecule has 0 saturated carbocycles. The normalized spacial score (nSPS) is 17.4. The summed E-state index contributed by atoms with van der Waals surface area (Å²) >= 11 is 0. The first kappa shape index (κ1) is 15.5. The molecule has 1 aliphatic heterocycles. The van der Waals surface area contributed by atoms with Crippen LogP contribution in [0.5, 0.6) is 0 Å². The summed E-state index contributed by atoms with van der Waals surface area (Å²) in [6.07, 6.45) is 2.71. The summed E-state index contributed by atoms with van der Waals surface area (Å²) in [4.78, 5) is 12.1. The van der Waals surface area contributed by atoms with E-state index in [4.69, 9.17) is 9.26 Å². The largest absolute Gasteiger partial charge is 0.381 e. The summed E-state index contributed by atoms with van der Waals surface area (Å²) in [6.45, 7) is 6.34. The van der Waals surface area contributed by atoms with Crippen molar-refractivity contribution in [3.05, 3.63) is 29.3 Å². The molecule has 1 atom stereocenters. The van der Waals surface area contributed by atoms with Gasteiger partial charge in [0.15, 0.2) is 0 Å². The van der Waals surface area contributed by atoms with E-state index in [1.807, 2.05) is 13.8 Å². The van der Waals surface area contributed by atoms with Crippen molar-refractivity contribution in [3.63, 3.8) is 0 Å². The van der Waals surface area contributed by atoms with Gasteiger partial charge in [-0.05, 0) is 20.3 Å². The summed E-state index contributed by atoms with van der Waals surface area (Å²) < 4.78 is 12.3. The standard InChI is InChI=1S/C15H21N5O3/c1-10-13(11(2)23-19-10)7-16-15(21)18-14-3-5-17-20(14)8-12-4-6-22-9-12/h3,5,12H,4,6-9H2,1-2H3,(H2,16,18,21).